The van der Waals surface area contributed by atoms with Gasteiger partial charge in [0.05, 0.1) is 0 Å². The molecule has 1 aromatic carbocycles. The fourth-order valence-electron chi connectivity index (χ4n) is 0.522. The summed E-state index contributed by atoms with van der Waals surface area (Å²) < 4.78 is 45.3. The van der Waals surface area contributed by atoms with Gasteiger partial charge in [0.1, 0.15) is 0 Å². The minimum atomic E-state index is -4.75. The zero-order chi connectivity index (χ0) is 9.19. The van der Waals surface area contributed by atoms with Crippen molar-refractivity contribution in [2.75, 3.05) is 0 Å². The molecule has 0 aliphatic heterocycles. The number of hydrogen-bond donors (Lipinski definition) is 0. The molecule has 1 rings (SSSR count). The summed E-state index contributed by atoms with van der Waals surface area (Å²) in [5.41, 5.74) is 0. The molecule has 0 spiro atoms. The van der Waals surface area contributed by atoms with E-state index < -0.39 is 18.2 Å². The first-order valence-electron chi connectivity index (χ1n) is 3.22. The van der Waals surface area contributed by atoms with Gasteiger partial charge in [0.2, 0.25) is 0 Å². The Bertz CT molecular complexity index is 282. The molecule has 0 aromatic heterocycles. The number of rotatable bonds is 1. The van der Waals surface area contributed by atoms with Gasteiger partial charge in [-0.1, -0.05) is 0 Å². The van der Waals surface area contributed by atoms with E-state index in [0.717, 1.165) is 6.07 Å². The Morgan fingerprint density at radius 1 is 1.46 bits per heavy atom. The topological polar surface area (TPSA) is 9.23 Å². The van der Waals surface area contributed by atoms with Crippen molar-refractivity contribution in [3.63, 3.8) is 0 Å². The zero-order valence-electron chi connectivity index (χ0n) is 7.36. The van der Waals surface area contributed by atoms with Gasteiger partial charge in [-0.15, -0.1) is 25.3 Å². The quantitative estimate of drug-likeness (QED) is 0.437. The Kier molecular flexibility index (Phi) is 6.27. The monoisotopic (exact) mass is 221 g/mol. The number of ether oxygens (including phenoxy) is 1. The van der Waals surface area contributed by atoms with E-state index in [1.54, 1.807) is 0 Å². The fourth-order valence-corrected chi connectivity index (χ4v) is 0.522. The first kappa shape index (κ1) is 12.9. The number of hydrogen-bond acceptors (Lipinski definition) is 1. The van der Waals surface area contributed by atoms with Crippen LogP contribution in [0.2, 0.25) is 0 Å². The van der Waals surface area contributed by atoms with E-state index in [0.29, 0.717) is 0 Å². The Hall–Kier alpha value is -0.134. The van der Waals surface area contributed by atoms with Crippen LogP contribution in [0.3, 0.4) is 0 Å². The first-order chi connectivity index (χ1) is 5.49. The summed E-state index contributed by atoms with van der Waals surface area (Å²) in [7, 11) is 0. The van der Waals surface area contributed by atoms with Gasteiger partial charge < -0.3 is 17.1 Å². The van der Waals surface area contributed by atoms with Crippen molar-refractivity contribution in [3.8, 4) is 5.75 Å². The first-order valence-corrected chi connectivity index (χ1v) is 2.72. The molecule has 0 heterocycles. The van der Waals surface area contributed by atoms with Crippen molar-refractivity contribution in [3.05, 3.63) is 30.3 Å². The van der Waals surface area contributed by atoms with Crippen LogP contribution in [0, 0.1) is 6.07 Å². The maximum atomic E-state index is 11.6. The SMILES string of the molecule is [2H]c1[c-]cccc1OC(F)(F)F.[Cl-].[Mg+2]. The van der Waals surface area contributed by atoms with Gasteiger partial charge in [-0.05, 0) is 0 Å². The summed E-state index contributed by atoms with van der Waals surface area (Å²) in [5, 5.41) is 0. The summed E-state index contributed by atoms with van der Waals surface area (Å²) in [6.45, 7) is 0. The summed E-state index contributed by atoms with van der Waals surface area (Å²) in [6, 6.07) is 5.58. The average Bonchev–Trinajstić information content (AvgIpc) is 1.91. The smallest absolute Gasteiger partial charge is 1.00 e. The second-order valence-electron chi connectivity index (χ2n) is 1.71. The van der Waals surface area contributed by atoms with E-state index >= 15 is 0 Å². The third kappa shape index (κ3) is 6.98. The van der Waals surface area contributed by atoms with Gasteiger partial charge in [-0.3, -0.25) is 0 Å². The normalized spacial score (nSPS) is 10.5. The van der Waals surface area contributed by atoms with Crippen LogP contribution in [0.1, 0.15) is 1.37 Å². The van der Waals surface area contributed by atoms with Crippen molar-refractivity contribution in [2.45, 2.75) is 6.36 Å². The van der Waals surface area contributed by atoms with Gasteiger partial charge in [-0.2, -0.15) is 18.2 Å². The molecule has 6 heteroatoms. The van der Waals surface area contributed by atoms with E-state index in [-0.39, 0.29) is 35.5 Å². The third-order valence-corrected chi connectivity index (χ3v) is 0.848. The Balaban J connectivity index is 0. The molecule has 68 valence electrons. The van der Waals surface area contributed by atoms with Crippen LogP contribution in [-0.2, 0) is 0 Å². The number of alkyl halides is 3. The third-order valence-electron chi connectivity index (χ3n) is 0.848. The van der Waals surface area contributed by atoms with Gasteiger partial charge >= 0.3 is 29.4 Å². The predicted octanol–water partition coefficient (Wildman–Crippen LogP) is -0.991. The molecule has 0 atom stereocenters. The molecular formula is C7H4ClF3MgO. The van der Waals surface area contributed by atoms with Crippen LogP contribution in [0.5, 0.6) is 5.75 Å². The Morgan fingerprint density at radius 3 is 2.54 bits per heavy atom. The van der Waals surface area contributed by atoms with Gasteiger partial charge in [-0.25, -0.2) is 0 Å². The van der Waals surface area contributed by atoms with Crippen molar-refractivity contribution in [2.24, 2.45) is 0 Å². The van der Waals surface area contributed by atoms with E-state index in [4.69, 9.17) is 1.37 Å². The fraction of sp³-hybridized carbons (Fsp3) is 0.143. The molecule has 0 fully saturated rings. The maximum Gasteiger partial charge on any atom is 2.00 e. The molecule has 1 aromatic rings. The molecule has 0 saturated carbocycles. The predicted molar refractivity (Wildman–Crippen MR) is 37.7 cm³/mol. The molecule has 0 amide bonds. The minimum Gasteiger partial charge on any atom is -1.00 e. The van der Waals surface area contributed by atoms with E-state index in [1.807, 2.05) is 0 Å². The molecule has 1 nitrogen and oxygen atoms in total. The molecule has 0 aliphatic carbocycles. The zero-order valence-corrected chi connectivity index (χ0v) is 8.53. The van der Waals surface area contributed by atoms with E-state index in [9.17, 15) is 13.2 Å². The van der Waals surface area contributed by atoms with Crippen molar-refractivity contribution >= 4 is 23.1 Å². The molecular weight excluding hydrogens is 217 g/mol. The van der Waals surface area contributed by atoms with Crippen molar-refractivity contribution in [1.82, 2.24) is 0 Å². The second kappa shape index (κ2) is 6.34. The summed E-state index contributed by atoms with van der Waals surface area (Å²) in [6.07, 6.45) is -4.75. The van der Waals surface area contributed by atoms with Crippen LogP contribution in [0.25, 0.3) is 0 Å². The van der Waals surface area contributed by atoms with Gasteiger partial charge in [0.25, 0.3) is 0 Å². The maximum absolute atomic E-state index is 11.6. The summed E-state index contributed by atoms with van der Waals surface area (Å²) >= 11 is 0. The van der Waals surface area contributed by atoms with Crippen LogP contribution < -0.4 is 17.1 Å². The van der Waals surface area contributed by atoms with Crippen LogP contribution >= 0.6 is 0 Å². The average molecular weight is 222 g/mol. The van der Waals surface area contributed by atoms with Crippen LogP contribution in [0.15, 0.2) is 24.2 Å². The van der Waals surface area contributed by atoms with E-state index in [1.165, 1.54) is 12.1 Å². The molecule has 0 saturated heterocycles. The molecule has 0 radical (unpaired) electrons. The molecule has 0 unspecified atom stereocenters. The summed E-state index contributed by atoms with van der Waals surface area (Å²) in [5.74, 6) is -0.537. The minimum absolute atomic E-state index is 0. The molecule has 0 N–H and O–H groups in total. The van der Waals surface area contributed by atoms with Crippen molar-refractivity contribution in [1.29, 1.82) is 0 Å². The Labute approximate surface area is 97.2 Å². The van der Waals surface area contributed by atoms with Crippen molar-refractivity contribution < 1.29 is 31.7 Å². The largest absolute Gasteiger partial charge is 2.00 e. The Morgan fingerprint density at radius 2 is 2.08 bits per heavy atom. The molecule has 13 heavy (non-hydrogen) atoms. The standard InChI is InChI=1S/C7H4F3O.ClH.Mg/c8-7(9,10)11-6-4-2-1-3-5-6;;/h1-2,4-5H;1H;/q-1;;+2/p-1/i5D;;. The van der Waals surface area contributed by atoms with Crippen LogP contribution in [-0.4, -0.2) is 29.4 Å². The second-order valence-corrected chi connectivity index (χ2v) is 1.71. The molecule has 0 bridgehead atoms. The van der Waals surface area contributed by atoms with Crippen LogP contribution in [0.4, 0.5) is 13.2 Å². The number of halogens is 4. The van der Waals surface area contributed by atoms with Gasteiger partial charge in [0.15, 0.2) is 0 Å². The van der Waals surface area contributed by atoms with E-state index in [2.05, 4.69) is 10.8 Å². The van der Waals surface area contributed by atoms with Gasteiger partial charge in [0, 0.05) is 7.12 Å². The number of benzene rings is 1. The molecule has 0 aliphatic rings. The summed E-state index contributed by atoms with van der Waals surface area (Å²) in [4.78, 5) is 0.